The van der Waals surface area contributed by atoms with E-state index in [9.17, 15) is 18.4 Å². The second-order valence-electron chi connectivity index (χ2n) is 10.6. The number of Topliss-reactive ketones (excluding diaryl/α,β-unsaturated/α-hetero) is 1. The molecule has 5 rings (SSSR count). The van der Waals surface area contributed by atoms with E-state index in [2.05, 4.69) is 22.0 Å². The van der Waals surface area contributed by atoms with E-state index in [0.29, 0.717) is 30.6 Å². The number of nitrogens with one attached hydrogen (secondary N) is 1. The third-order valence-corrected chi connectivity index (χ3v) is 7.75. The molecule has 1 N–H and O–H groups in total. The van der Waals surface area contributed by atoms with Crippen LogP contribution >= 0.6 is 0 Å². The van der Waals surface area contributed by atoms with Gasteiger partial charge >= 0.3 is 0 Å². The number of hydrogen-bond donors (Lipinski definition) is 1. The van der Waals surface area contributed by atoms with E-state index in [4.69, 9.17) is 0 Å². The van der Waals surface area contributed by atoms with Gasteiger partial charge in [0.05, 0.1) is 13.0 Å². The topological polar surface area (TPSA) is 51.1 Å². The Bertz CT molecular complexity index is 1460. The molecule has 6 heteroatoms. The molecular formula is C34H34F2N2O2. The Hall–Kier alpha value is -4.06. The maximum atomic E-state index is 13.7. The lowest BCUT2D eigenvalue weighted by Crippen LogP contribution is -2.26. The lowest BCUT2D eigenvalue weighted by molar-refractivity contribution is -0.120. The van der Waals surface area contributed by atoms with Crippen LogP contribution in [0.15, 0.2) is 84.9 Å². The van der Waals surface area contributed by atoms with Gasteiger partial charge in [0.25, 0.3) is 0 Å². The number of carbonyl (C=O) groups excluding carboxylic acids is 2. The van der Waals surface area contributed by atoms with Crippen LogP contribution in [-0.2, 0) is 30.7 Å². The Balaban J connectivity index is 1.43. The number of rotatable bonds is 11. The lowest BCUT2D eigenvalue weighted by Gasteiger charge is -2.19. The van der Waals surface area contributed by atoms with Crippen LogP contribution in [0.3, 0.4) is 0 Å². The Morgan fingerprint density at radius 1 is 0.800 bits per heavy atom. The molecule has 4 aromatic rings. The fourth-order valence-electron chi connectivity index (χ4n) is 5.70. The van der Waals surface area contributed by atoms with Crippen LogP contribution < -0.4 is 5.32 Å². The quantitative estimate of drug-likeness (QED) is 0.206. The molecule has 1 amide bonds. The van der Waals surface area contributed by atoms with E-state index >= 15 is 0 Å². The third-order valence-electron chi connectivity index (χ3n) is 7.75. The Morgan fingerprint density at radius 3 is 2.15 bits per heavy atom. The molecule has 0 bridgehead atoms. The fraction of sp³-hybridized carbons (Fsp3) is 0.294. The molecule has 40 heavy (non-hydrogen) atoms. The van der Waals surface area contributed by atoms with Gasteiger partial charge in [-0.15, -0.1) is 0 Å². The lowest BCUT2D eigenvalue weighted by atomic mass is 9.95. The second kappa shape index (κ2) is 12.9. The molecule has 206 valence electrons. The minimum atomic E-state index is -0.904. The summed E-state index contributed by atoms with van der Waals surface area (Å²) < 4.78 is 29.4. The van der Waals surface area contributed by atoms with E-state index in [1.54, 1.807) is 0 Å². The number of hydrogen-bond acceptors (Lipinski definition) is 2. The molecule has 3 aromatic carbocycles. The standard InChI is InChI=1S/C34H34F2N2O2/c35-30-17-15-25(19-31(30)36)16-18-32(39)29-21-28(22-37-33(40)20-24-9-3-1-4-10-24)38(23-26-11-5-2-6-12-26)34(29)27-13-7-8-14-27/h1-6,9-12,15,17,19,21,27H,7-8,13-14,16,18,20,22-23H2,(H,37,40). The van der Waals surface area contributed by atoms with E-state index in [1.165, 1.54) is 6.07 Å². The van der Waals surface area contributed by atoms with Gasteiger partial charge in [0, 0.05) is 29.9 Å². The SMILES string of the molecule is O=C(Cc1ccccc1)NCc1cc(C(=O)CCc2ccc(F)c(F)c2)c(C2CCCC2)n1Cc1ccccc1. The van der Waals surface area contributed by atoms with E-state index < -0.39 is 11.6 Å². The minimum Gasteiger partial charge on any atom is -0.350 e. The molecule has 0 spiro atoms. The summed E-state index contributed by atoms with van der Waals surface area (Å²) in [7, 11) is 0. The number of aryl methyl sites for hydroxylation is 1. The minimum absolute atomic E-state index is 0.0182. The molecule has 1 aliphatic carbocycles. The highest BCUT2D eigenvalue weighted by Crippen LogP contribution is 2.38. The first kappa shape index (κ1) is 27.5. The van der Waals surface area contributed by atoms with Crippen LogP contribution in [0.25, 0.3) is 0 Å². The van der Waals surface area contributed by atoms with Crippen molar-refractivity contribution in [2.24, 2.45) is 0 Å². The summed E-state index contributed by atoms with van der Waals surface area (Å²) in [6.45, 7) is 0.918. The van der Waals surface area contributed by atoms with E-state index in [0.717, 1.165) is 60.3 Å². The normalized spacial score (nSPS) is 13.4. The van der Waals surface area contributed by atoms with Gasteiger partial charge in [0.1, 0.15) is 0 Å². The molecule has 1 aliphatic rings. The molecule has 1 saturated carbocycles. The molecule has 1 aromatic heterocycles. The number of halogens is 2. The number of ketones is 1. The van der Waals surface area contributed by atoms with Gasteiger partial charge in [-0.3, -0.25) is 9.59 Å². The molecule has 0 unspecified atom stereocenters. The first-order valence-electron chi connectivity index (χ1n) is 14.0. The van der Waals surface area contributed by atoms with Crippen molar-refractivity contribution < 1.29 is 18.4 Å². The molecule has 0 atom stereocenters. The summed E-state index contributed by atoms with van der Waals surface area (Å²) >= 11 is 0. The van der Waals surface area contributed by atoms with Crippen LogP contribution in [0.2, 0.25) is 0 Å². The van der Waals surface area contributed by atoms with Crippen molar-refractivity contribution in [2.45, 2.75) is 64.0 Å². The van der Waals surface area contributed by atoms with Crippen molar-refractivity contribution in [2.75, 3.05) is 0 Å². The highest BCUT2D eigenvalue weighted by Gasteiger charge is 2.28. The summed E-state index contributed by atoms with van der Waals surface area (Å²) in [6, 6.07) is 25.5. The first-order valence-corrected chi connectivity index (χ1v) is 14.0. The van der Waals surface area contributed by atoms with Gasteiger partial charge in [-0.05, 0) is 60.1 Å². The summed E-state index contributed by atoms with van der Waals surface area (Å²) in [5.74, 6) is -1.63. The summed E-state index contributed by atoms with van der Waals surface area (Å²) in [5, 5.41) is 3.06. The average molecular weight is 541 g/mol. The van der Waals surface area contributed by atoms with E-state index in [1.807, 2.05) is 54.6 Å². The number of carbonyl (C=O) groups is 2. The van der Waals surface area contributed by atoms with Gasteiger partial charge < -0.3 is 9.88 Å². The molecule has 0 saturated heterocycles. The van der Waals surface area contributed by atoms with Crippen LogP contribution in [-0.4, -0.2) is 16.3 Å². The van der Waals surface area contributed by atoms with Gasteiger partial charge in [-0.1, -0.05) is 79.6 Å². The Morgan fingerprint density at radius 2 is 1.48 bits per heavy atom. The second-order valence-corrected chi connectivity index (χ2v) is 10.6. The Labute approximate surface area is 234 Å². The Kier molecular flexibility index (Phi) is 8.84. The van der Waals surface area contributed by atoms with Gasteiger partial charge in [-0.25, -0.2) is 8.78 Å². The maximum Gasteiger partial charge on any atom is 0.224 e. The van der Waals surface area contributed by atoms with Crippen LogP contribution in [0.5, 0.6) is 0 Å². The fourth-order valence-corrected chi connectivity index (χ4v) is 5.70. The molecule has 0 aliphatic heterocycles. The van der Waals surface area contributed by atoms with Crippen LogP contribution in [0.1, 0.15) is 76.5 Å². The predicted octanol–water partition coefficient (Wildman–Crippen LogP) is 7.15. The van der Waals surface area contributed by atoms with Crippen molar-refractivity contribution in [3.63, 3.8) is 0 Å². The van der Waals surface area contributed by atoms with Crippen molar-refractivity contribution in [1.82, 2.24) is 9.88 Å². The zero-order chi connectivity index (χ0) is 27.9. The predicted molar refractivity (Wildman–Crippen MR) is 152 cm³/mol. The third kappa shape index (κ3) is 6.74. The smallest absolute Gasteiger partial charge is 0.224 e. The van der Waals surface area contributed by atoms with E-state index in [-0.39, 0.29) is 30.4 Å². The summed E-state index contributed by atoms with van der Waals surface area (Å²) in [5.41, 5.74) is 5.26. The molecule has 0 radical (unpaired) electrons. The van der Waals surface area contributed by atoms with Crippen molar-refractivity contribution in [1.29, 1.82) is 0 Å². The van der Waals surface area contributed by atoms with Crippen molar-refractivity contribution >= 4 is 11.7 Å². The molecular weight excluding hydrogens is 506 g/mol. The van der Waals surface area contributed by atoms with Crippen molar-refractivity contribution in [3.8, 4) is 0 Å². The number of aromatic nitrogens is 1. The van der Waals surface area contributed by atoms with Crippen LogP contribution in [0, 0.1) is 11.6 Å². The van der Waals surface area contributed by atoms with Gasteiger partial charge in [-0.2, -0.15) is 0 Å². The highest BCUT2D eigenvalue weighted by molar-refractivity contribution is 5.98. The first-order chi connectivity index (χ1) is 19.5. The number of benzene rings is 3. The molecule has 1 fully saturated rings. The van der Waals surface area contributed by atoms with Gasteiger partial charge in [0.15, 0.2) is 17.4 Å². The zero-order valence-electron chi connectivity index (χ0n) is 22.5. The average Bonchev–Trinajstić information content (AvgIpc) is 3.62. The molecule has 1 heterocycles. The van der Waals surface area contributed by atoms with Crippen molar-refractivity contribution in [3.05, 3.63) is 130 Å². The zero-order valence-corrected chi connectivity index (χ0v) is 22.5. The number of nitrogens with zero attached hydrogens (tertiary/aromatic N) is 1. The monoisotopic (exact) mass is 540 g/mol. The highest BCUT2D eigenvalue weighted by atomic mass is 19.2. The van der Waals surface area contributed by atoms with Gasteiger partial charge in [0.2, 0.25) is 5.91 Å². The largest absolute Gasteiger partial charge is 0.350 e. The molecule has 4 nitrogen and oxygen atoms in total. The summed E-state index contributed by atoms with van der Waals surface area (Å²) in [6.07, 6.45) is 5.08. The maximum absolute atomic E-state index is 13.7. The van der Waals surface area contributed by atoms with Crippen LogP contribution in [0.4, 0.5) is 8.78 Å². The number of amides is 1. The summed E-state index contributed by atoms with van der Waals surface area (Å²) in [4.78, 5) is 26.5.